The number of anilines is 2. The summed E-state index contributed by atoms with van der Waals surface area (Å²) >= 11 is 0. The van der Waals surface area contributed by atoms with Crippen LogP contribution in [0.15, 0.2) is 48.5 Å². The van der Waals surface area contributed by atoms with Gasteiger partial charge in [-0.1, -0.05) is 31.2 Å². The molecular formula is C22H25N3O3. The first-order chi connectivity index (χ1) is 13.4. The van der Waals surface area contributed by atoms with Gasteiger partial charge < -0.3 is 15.1 Å². The highest BCUT2D eigenvalue weighted by Crippen LogP contribution is 2.19. The highest BCUT2D eigenvalue weighted by atomic mass is 16.2. The van der Waals surface area contributed by atoms with E-state index in [1.54, 1.807) is 19.1 Å². The van der Waals surface area contributed by atoms with Crippen LogP contribution in [0.5, 0.6) is 0 Å². The van der Waals surface area contributed by atoms with Gasteiger partial charge in [0.1, 0.15) is 0 Å². The molecule has 1 aliphatic rings. The number of hydrogen-bond acceptors (Lipinski definition) is 3. The minimum atomic E-state index is -0.569. The van der Waals surface area contributed by atoms with Crippen LogP contribution in [-0.4, -0.2) is 42.3 Å². The van der Waals surface area contributed by atoms with Crippen molar-refractivity contribution in [1.82, 2.24) is 4.90 Å². The molecule has 0 aromatic heterocycles. The number of benzene rings is 2. The van der Waals surface area contributed by atoms with Gasteiger partial charge in [-0.3, -0.25) is 14.4 Å². The summed E-state index contributed by atoms with van der Waals surface area (Å²) in [6.07, 6.45) is 0. The molecule has 1 heterocycles. The second kappa shape index (κ2) is 8.25. The minimum Gasteiger partial charge on any atom is -0.332 e. The smallest absolute Gasteiger partial charge is 0.316 e. The predicted molar refractivity (Wildman–Crippen MR) is 109 cm³/mol. The Hall–Kier alpha value is -3.15. The van der Waals surface area contributed by atoms with Crippen LogP contribution < -0.4 is 10.2 Å². The molecule has 2 aromatic carbocycles. The fraction of sp³-hybridized carbons (Fsp3) is 0.318. The molecule has 3 amide bonds. The standard InChI is InChI=1S/C22H25N3O3/c1-15-9-10-18(13-16(15)2)23-20(26)17(3)14-24-11-12-25(22(28)21(24)27)19-7-5-4-6-8-19/h4-10,13,17H,11-12,14H2,1-3H3,(H,23,26)/t17-/m0/s1. The van der Waals surface area contributed by atoms with E-state index in [-0.39, 0.29) is 12.5 Å². The normalized spacial score (nSPS) is 15.5. The first-order valence-electron chi connectivity index (χ1n) is 9.40. The highest BCUT2D eigenvalue weighted by Gasteiger charge is 2.34. The average molecular weight is 379 g/mol. The van der Waals surface area contributed by atoms with Crippen LogP contribution in [-0.2, 0) is 14.4 Å². The number of aryl methyl sites for hydroxylation is 2. The van der Waals surface area contributed by atoms with Gasteiger partial charge >= 0.3 is 11.8 Å². The molecule has 0 aliphatic carbocycles. The van der Waals surface area contributed by atoms with Gasteiger partial charge in [-0.15, -0.1) is 0 Å². The summed E-state index contributed by atoms with van der Waals surface area (Å²) in [5.41, 5.74) is 3.70. The lowest BCUT2D eigenvalue weighted by Crippen LogP contribution is -2.55. The summed E-state index contributed by atoms with van der Waals surface area (Å²) in [4.78, 5) is 40.5. The Labute approximate surface area is 165 Å². The molecule has 6 heteroatoms. The third-order valence-corrected chi connectivity index (χ3v) is 5.09. The van der Waals surface area contributed by atoms with E-state index in [1.165, 1.54) is 9.80 Å². The fourth-order valence-electron chi connectivity index (χ4n) is 3.20. The molecule has 146 valence electrons. The maximum absolute atomic E-state index is 12.5. The maximum Gasteiger partial charge on any atom is 0.316 e. The lowest BCUT2D eigenvalue weighted by molar-refractivity contribution is -0.147. The number of para-hydroxylation sites is 1. The molecule has 0 radical (unpaired) electrons. The Bertz CT molecular complexity index is 895. The van der Waals surface area contributed by atoms with Crippen molar-refractivity contribution in [3.8, 4) is 0 Å². The molecule has 1 saturated heterocycles. The third kappa shape index (κ3) is 4.22. The van der Waals surface area contributed by atoms with Gasteiger partial charge in [0.25, 0.3) is 0 Å². The Morgan fingerprint density at radius 3 is 2.39 bits per heavy atom. The van der Waals surface area contributed by atoms with Gasteiger partial charge in [-0.25, -0.2) is 0 Å². The van der Waals surface area contributed by atoms with Crippen molar-refractivity contribution in [2.45, 2.75) is 20.8 Å². The van der Waals surface area contributed by atoms with Crippen LogP contribution in [0.25, 0.3) is 0 Å². The number of rotatable bonds is 5. The zero-order valence-electron chi connectivity index (χ0n) is 16.4. The molecule has 1 atom stereocenters. The monoisotopic (exact) mass is 379 g/mol. The van der Waals surface area contributed by atoms with Crippen LogP contribution >= 0.6 is 0 Å². The van der Waals surface area contributed by atoms with E-state index >= 15 is 0 Å². The van der Waals surface area contributed by atoms with Crippen molar-refractivity contribution in [3.63, 3.8) is 0 Å². The minimum absolute atomic E-state index is 0.172. The molecule has 2 aromatic rings. The van der Waals surface area contributed by atoms with E-state index in [0.29, 0.717) is 18.8 Å². The second-order valence-electron chi connectivity index (χ2n) is 7.23. The van der Waals surface area contributed by atoms with Crippen molar-refractivity contribution in [2.75, 3.05) is 29.9 Å². The molecule has 0 spiro atoms. The Balaban J connectivity index is 1.60. The van der Waals surface area contributed by atoms with Crippen molar-refractivity contribution in [2.24, 2.45) is 5.92 Å². The van der Waals surface area contributed by atoms with Crippen LogP contribution in [0, 0.1) is 19.8 Å². The van der Waals surface area contributed by atoms with E-state index in [4.69, 9.17) is 0 Å². The number of carbonyl (C=O) groups is 3. The molecular weight excluding hydrogens is 354 g/mol. The third-order valence-electron chi connectivity index (χ3n) is 5.09. The zero-order valence-corrected chi connectivity index (χ0v) is 16.4. The fourth-order valence-corrected chi connectivity index (χ4v) is 3.20. The molecule has 0 saturated carbocycles. The van der Waals surface area contributed by atoms with E-state index in [1.807, 2.05) is 50.2 Å². The van der Waals surface area contributed by atoms with Gasteiger partial charge in [0.15, 0.2) is 0 Å². The summed E-state index contributed by atoms with van der Waals surface area (Å²) in [6, 6.07) is 14.9. The lowest BCUT2D eigenvalue weighted by atomic mass is 10.1. The van der Waals surface area contributed by atoms with Crippen molar-refractivity contribution in [1.29, 1.82) is 0 Å². The summed E-state index contributed by atoms with van der Waals surface area (Å²) in [5.74, 6) is -1.73. The second-order valence-corrected chi connectivity index (χ2v) is 7.23. The summed E-state index contributed by atoms with van der Waals surface area (Å²) in [5, 5.41) is 2.89. The van der Waals surface area contributed by atoms with Crippen molar-refractivity contribution < 1.29 is 14.4 Å². The quantitative estimate of drug-likeness (QED) is 0.812. The van der Waals surface area contributed by atoms with Gasteiger partial charge in [-0.2, -0.15) is 0 Å². The number of piperazine rings is 1. The summed E-state index contributed by atoms with van der Waals surface area (Å²) in [6.45, 7) is 6.80. The average Bonchev–Trinajstić information content (AvgIpc) is 2.69. The summed E-state index contributed by atoms with van der Waals surface area (Å²) in [7, 11) is 0. The highest BCUT2D eigenvalue weighted by molar-refractivity contribution is 6.41. The number of hydrogen-bond donors (Lipinski definition) is 1. The predicted octanol–water partition coefficient (Wildman–Crippen LogP) is 2.75. The molecule has 28 heavy (non-hydrogen) atoms. The molecule has 1 N–H and O–H groups in total. The number of nitrogens with one attached hydrogen (secondary N) is 1. The lowest BCUT2D eigenvalue weighted by Gasteiger charge is -2.34. The molecule has 1 fully saturated rings. The van der Waals surface area contributed by atoms with E-state index in [2.05, 4.69) is 5.32 Å². The number of amides is 3. The van der Waals surface area contributed by atoms with Gasteiger partial charge in [0, 0.05) is 31.0 Å². The van der Waals surface area contributed by atoms with E-state index < -0.39 is 17.7 Å². The summed E-state index contributed by atoms with van der Waals surface area (Å²) < 4.78 is 0. The molecule has 0 bridgehead atoms. The first-order valence-corrected chi connectivity index (χ1v) is 9.40. The number of nitrogens with zero attached hydrogens (tertiary/aromatic N) is 2. The maximum atomic E-state index is 12.5. The Kier molecular flexibility index (Phi) is 5.78. The Morgan fingerprint density at radius 1 is 1.00 bits per heavy atom. The SMILES string of the molecule is Cc1ccc(NC(=O)[C@@H](C)CN2CCN(c3ccccc3)C(=O)C2=O)cc1C. The topological polar surface area (TPSA) is 69.7 Å². The zero-order chi connectivity index (χ0) is 20.3. The van der Waals surface area contributed by atoms with E-state index in [0.717, 1.165) is 16.8 Å². The van der Waals surface area contributed by atoms with Gasteiger partial charge in [0.2, 0.25) is 5.91 Å². The molecule has 6 nitrogen and oxygen atoms in total. The van der Waals surface area contributed by atoms with Gasteiger partial charge in [-0.05, 0) is 49.2 Å². The molecule has 3 rings (SSSR count). The Morgan fingerprint density at radius 2 is 1.71 bits per heavy atom. The van der Waals surface area contributed by atoms with Crippen LogP contribution in [0.4, 0.5) is 11.4 Å². The van der Waals surface area contributed by atoms with Crippen LogP contribution in [0.3, 0.4) is 0 Å². The van der Waals surface area contributed by atoms with Crippen LogP contribution in [0.2, 0.25) is 0 Å². The van der Waals surface area contributed by atoms with Crippen molar-refractivity contribution in [3.05, 3.63) is 59.7 Å². The van der Waals surface area contributed by atoms with Gasteiger partial charge in [0.05, 0.1) is 5.92 Å². The largest absolute Gasteiger partial charge is 0.332 e. The van der Waals surface area contributed by atoms with Crippen LogP contribution in [0.1, 0.15) is 18.1 Å². The number of carbonyl (C=O) groups excluding carboxylic acids is 3. The molecule has 1 aliphatic heterocycles. The van der Waals surface area contributed by atoms with E-state index in [9.17, 15) is 14.4 Å². The van der Waals surface area contributed by atoms with Crippen molar-refractivity contribution >= 4 is 29.1 Å². The molecule has 0 unspecified atom stereocenters. The first kappa shape index (κ1) is 19.6.